The van der Waals surface area contributed by atoms with Crippen LogP contribution in [0.25, 0.3) is 0 Å². The van der Waals surface area contributed by atoms with Crippen molar-refractivity contribution in [1.29, 1.82) is 0 Å². The Morgan fingerprint density at radius 1 is 1.38 bits per heavy atom. The monoisotopic (exact) mass is 183 g/mol. The van der Waals surface area contributed by atoms with Crippen LogP contribution in [0.5, 0.6) is 0 Å². The fourth-order valence-electron chi connectivity index (χ4n) is 1.23. The van der Waals surface area contributed by atoms with E-state index in [0.717, 1.165) is 0 Å². The van der Waals surface area contributed by atoms with Crippen molar-refractivity contribution in [3.8, 4) is 0 Å². The molecule has 0 radical (unpaired) electrons. The molecule has 72 valence electrons. The van der Waals surface area contributed by atoms with Gasteiger partial charge in [-0.15, -0.1) is 0 Å². The summed E-state index contributed by atoms with van der Waals surface area (Å²) in [5, 5.41) is 8.66. The summed E-state index contributed by atoms with van der Waals surface area (Å²) in [6.45, 7) is 5.60. The molecule has 1 heterocycles. The van der Waals surface area contributed by atoms with Crippen LogP contribution in [0.15, 0.2) is 11.8 Å². The van der Waals surface area contributed by atoms with Gasteiger partial charge in [0.1, 0.15) is 5.57 Å². The maximum Gasteiger partial charge on any atom is 0.261 e. The molecule has 1 rings (SSSR count). The van der Waals surface area contributed by atoms with Gasteiger partial charge in [0.2, 0.25) is 0 Å². The quantitative estimate of drug-likeness (QED) is 0.340. The fraction of sp³-hybridized carbons (Fsp3) is 0.556. The van der Waals surface area contributed by atoms with E-state index >= 15 is 0 Å². The summed E-state index contributed by atoms with van der Waals surface area (Å²) in [5.74, 6) is -0.706. The standard InChI is InChI=1S/C9H13NO3/c1-9(2,3)10-4-7(12)6(5-11)8(10)13/h5,11H,4H2,1-3H3/b6-5+. The van der Waals surface area contributed by atoms with Crippen LogP contribution in [-0.2, 0) is 9.59 Å². The highest BCUT2D eigenvalue weighted by Gasteiger charge is 2.39. The van der Waals surface area contributed by atoms with Crippen LogP contribution in [0.2, 0.25) is 0 Å². The molecule has 0 aliphatic carbocycles. The smallest absolute Gasteiger partial charge is 0.261 e. The summed E-state index contributed by atoms with van der Waals surface area (Å²) in [6.07, 6.45) is 0.594. The average Bonchev–Trinajstić information content (AvgIpc) is 2.25. The molecule has 1 fully saturated rings. The second kappa shape index (κ2) is 2.87. The minimum atomic E-state index is -0.389. The Balaban J connectivity index is 2.99. The van der Waals surface area contributed by atoms with Crippen molar-refractivity contribution in [3.05, 3.63) is 11.8 Å². The number of hydrogen-bond donors (Lipinski definition) is 1. The number of nitrogens with zero attached hydrogens (tertiary/aromatic N) is 1. The third kappa shape index (κ3) is 1.56. The minimum absolute atomic E-state index is 0.0642. The van der Waals surface area contributed by atoms with E-state index in [2.05, 4.69) is 0 Å². The summed E-state index contributed by atoms with van der Waals surface area (Å²) in [6, 6.07) is 0. The normalized spacial score (nSPS) is 21.8. The largest absolute Gasteiger partial charge is 0.515 e. The van der Waals surface area contributed by atoms with Gasteiger partial charge in [0.25, 0.3) is 5.91 Å². The molecule has 0 bridgehead atoms. The van der Waals surface area contributed by atoms with Crippen LogP contribution in [-0.4, -0.2) is 33.8 Å². The van der Waals surface area contributed by atoms with Gasteiger partial charge in [0.05, 0.1) is 12.8 Å². The summed E-state index contributed by atoms with van der Waals surface area (Å²) in [4.78, 5) is 24.1. The first-order chi connectivity index (χ1) is 5.88. The van der Waals surface area contributed by atoms with Gasteiger partial charge in [-0.3, -0.25) is 9.59 Å². The predicted octanol–water partition coefficient (Wildman–Crippen LogP) is 0.638. The molecular formula is C9H13NO3. The molecule has 0 aromatic rings. The van der Waals surface area contributed by atoms with Crippen LogP contribution in [0.3, 0.4) is 0 Å². The topological polar surface area (TPSA) is 57.6 Å². The van der Waals surface area contributed by atoms with E-state index in [1.54, 1.807) is 0 Å². The highest BCUT2D eigenvalue weighted by Crippen LogP contribution is 2.22. The van der Waals surface area contributed by atoms with Crippen LogP contribution in [0.1, 0.15) is 20.8 Å². The fourth-order valence-corrected chi connectivity index (χ4v) is 1.23. The highest BCUT2D eigenvalue weighted by atomic mass is 16.2. The van der Waals surface area contributed by atoms with Gasteiger partial charge in [-0.05, 0) is 20.8 Å². The molecular weight excluding hydrogens is 170 g/mol. The maximum absolute atomic E-state index is 11.5. The van der Waals surface area contributed by atoms with Gasteiger partial charge in [-0.2, -0.15) is 0 Å². The Morgan fingerprint density at radius 3 is 2.15 bits per heavy atom. The van der Waals surface area contributed by atoms with Gasteiger partial charge in [-0.1, -0.05) is 0 Å². The Hall–Kier alpha value is -1.32. The Morgan fingerprint density at radius 2 is 1.92 bits per heavy atom. The molecule has 13 heavy (non-hydrogen) atoms. The van der Waals surface area contributed by atoms with Crippen LogP contribution in [0.4, 0.5) is 0 Å². The molecule has 1 saturated heterocycles. The van der Waals surface area contributed by atoms with Crippen molar-refractivity contribution >= 4 is 11.7 Å². The maximum atomic E-state index is 11.5. The SMILES string of the molecule is CC(C)(C)N1CC(=O)/C(=C\O)C1=O. The lowest BCUT2D eigenvalue weighted by Gasteiger charge is -2.30. The molecule has 0 spiro atoms. The summed E-state index contributed by atoms with van der Waals surface area (Å²) in [7, 11) is 0. The van der Waals surface area contributed by atoms with Gasteiger partial charge in [-0.25, -0.2) is 0 Å². The van der Waals surface area contributed by atoms with Crippen molar-refractivity contribution < 1.29 is 14.7 Å². The number of aliphatic hydroxyl groups excluding tert-OH is 1. The first kappa shape index (κ1) is 9.77. The lowest BCUT2D eigenvalue weighted by molar-refractivity contribution is -0.129. The van der Waals surface area contributed by atoms with Crippen LogP contribution < -0.4 is 0 Å². The Labute approximate surface area is 76.8 Å². The number of amides is 1. The molecule has 4 heteroatoms. The van der Waals surface area contributed by atoms with Crippen LogP contribution in [0, 0.1) is 0 Å². The van der Waals surface area contributed by atoms with Gasteiger partial charge in [0.15, 0.2) is 5.78 Å². The zero-order valence-electron chi connectivity index (χ0n) is 8.00. The van der Waals surface area contributed by atoms with Gasteiger partial charge < -0.3 is 10.0 Å². The van der Waals surface area contributed by atoms with Crippen molar-refractivity contribution in [2.24, 2.45) is 0 Å². The molecule has 0 saturated carbocycles. The van der Waals surface area contributed by atoms with Crippen molar-refractivity contribution in [1.82, 2.24) is 4.90 Å². The number of carbonyl (C=O) groups is 2. The van der Waals surface area contributed by atoms with E-state index in [0.29, 0.717) is 6.26 Å². The minimum Gasteiger partial charge on any atom is -0.515 e. The van der Waals surface area contributed by atoms with Crippen molar-refractivity contribution in [2.45, 2.75) is 26.3 Å². The molecule has 1 aliphatic rings. The zero-order chi connectivity index (χ0) is 10.2. The zero-order valence-corrected chi connectivity index (χ0v) is 8.00. The first-order valence-electron chi connectivity index (χ1n) is 4.07. The second-order valence-electron chi connectivity index (χ2n) is 4.03. The molecule has 4 nitrogen and oxygen atoms in total. The number of ketones is 1. The van der Waals surface area contributed by atoms with E-state index < -0.39 is 0 Å². The van der Waals surface area contributed by atoms with Crippen molar-refractivity contribution in [3.63, 3.8) is 0 Å². The molecule has 0 aromatic carbocycles. The molecule has 1 amide bonds. The summed E-state index contributed by atoms with van der Waals surface area (Å²) in [5.41, 5.74) is -0.493. The van der Waals surface area contributed by atoms with Gasteiger partial charge >= 0.3 is 0 Å². The molecule has 0 atom stereocenters. The summed E-state index contributed by atoms with van der Waals surface area (Å²) < 4.78 is 0. The molecule has 0 unspecified atom stereocenters. The Bertz CT molecular complexity index is 286. The van der Waals surface area contributed by atoms with E-state index in [1.807, 2.05) is 20.8 Å². The third-order valence-corrected chi connectivity index (χ3v) is 2.02. The average molecular weight is 183 g/mol. The number of aliphatic hydroxyl groups is 1. The number of Topliss-reactive ketones (excluding diaryl/α,β-unsaturated/α-hetero) is 1. The van der Waals surface area contributed by atoms with E-state index in [9.17, 15) is 9.59 Å². The molecule has 1 aliphatic heterocycles. The lowest BCUT2D eigenvalue weighted by Crippen LogP contribution is -2.42. The van der Waals surface area contributed by atoms with Crippen LogP contribution >= 0.6 is 0 Å². The number of rotatable bonds is 0. The molecule has 1 N–H and O–H groups in total. The van der Waals surface area contributed by atoms with E-state index in [4.69, 9.17) is 5.11 Å². The lowest BCUT2D eigenvalue weighted by atomic mass is 10.1. The number of carbonyl (C=O) groups excluding carboxylic acids is 2. The third-order valence-electron chi connectivity index (χ3n) is 2.02. The van der Waals surface area contributed by atoms with Crippen molar-refractivity contribution in [2.75, 3.05) is 6.54 Å². The number of likely N-dealkylation sites (tertiary alicyclic amines) is 1. The van der Waals surface area contributed by atoms with Gasteiger partial charge in [0, 0.05) is 5.54 Å². The molecule has 0 aromatic heterocycles. The Kier molecular flexibility index (Phi) is 2.15. The van der Waals surface area contributed by atoms with E-state index in [1.165, 1.54) is 4.90 Å². The first-order valence-corrected chi connectivity index (χ1v) is 4.07. The second-order valence-corrected chi connectivity index (χ2v) is 4.03. The number of hydrogen-bond acceptors (Lipinski definition) is 3. The van der Waals surface area contributed by atoms with E-state index in [-0.39, 0.29) is 29.3 Å². The highest BCUT2D eigenvalue weighted by molar-refractivity contribution is 6.24. The predicted molar refractivity (Wildman–Crippen MR) is 47.2 cm³/mol. The summed E-state index contributed by atoms with van der Waals surface area (Å²) >= 11 is 0.